The Morgan fingerprint density at radius 1 is 1.25 bits per heavy atom. The van der Waals surface area contributed by atoms with Gasteiger partial charge < -0.3 is 5.32 Å². The second-order valence-electron chi connectivity index (χ2n) is 6.02. The summed E-state index contributed by atoms with van der Waals surface area (Å²) in [7, 11) is 0. The largest absolute Gasteiger partial charge is 0.319 e. The predicted octanol–water partition coefficient (Wildman–Crippen LogP) is 2.90. The van der Waals surface area contributed by atoms with Crippen LogP contribution in [-0.4, -0.2) is 20.4 Å². The zero-order chi connectivity index (χ0) is 20.3. The topological polar surface area (TPSA) is 107 Å². The molecule has 0 radical (unpaired) electrons. The molecule has 0 aliphatic rings. The van der Waals surface area contributed by atoms with Gasteiger partial charge in [0.2, 0.25) is 5.91 Å². The molecular formula is C19H15FN4O4. The lowest BCUT2D eigenvalue weighted by molar-refractivity contribution is -0.384. The van der Waals surface area contributed by atoms with Gasteiger partial charge in [-0.05, 0) is 36.8 Å². The molecule has 0 saturated carbocycles. The van der Waals surface area contributed by atoms with Gasteiger partial charge in [-0.15, -0.1) is 0 Å². The number of aryl methyl sites for hydroxylation is 1. The first-order chi connectivity index (χ1) is 13.3. The number of rotatable bonds is 5. The van der Waals surface area contributed by atoms with E-state index < -0.39 is 22.2 Å². The minimum Gasteiger partial charge on any atom is -0.319 e. The van der Waals surface area contributed by atoms with Gasteiger partial charge in [-0.2, -0.15) is 0 Å². The zero-order valence-electron chi connectivity index (χ0n) is 14.8. The van der Waals surface area contributed by atoms with Gasteiger partial charge >= 0.3 is 0 Å². The van der Waals surface area contributed by atoms with E-state index in [1.807, 2.05) is 0 Å². The monoisotopic (exact) mass is 382 g/mol. The average molecular weight is 382 g/mol. The van der Waals surface area contributed by atoms with E-state index >= 15 is 0 Å². The number of anilines is 1. The molecular weight excluding hydrogens is 367 g/mol. The van der Waals surface area contributed by atoms with Crippen LogP contribution in [0.4, 0.5) is 15.8 Å². The van der Waals surface area contributed by atoms with Crippen molar-refractivity contribution in [2.45, 2.75) is 13.5 Å². The highest BCUT2D eigenvalue weighted by Gasteiger charge is 2.18. The van der Waals surface area contributed by atoms with Crippen molar-refractivity contribution in [1.29, 1.82) is 0 Å². The van der Waals surface area contributed by atoms with Gasteiger partial charge in [0.15, 0.2) is 0 Å². The number of nitro groups is 1. The second kappa shape index (κ2) is 7.78. The van der Waals surface area contributed by atoms with E-state index in [-0.39, 0.29) is 17.9 Å². The predicted molar refractivity (Wildman–Crippen MR) is 100 cm³/mol. The third kappa shape index (κ3) is 4.09. The van der Waals surface area contributed by atoms with E-state index in [1.54, 1.807) is 13.0 Å². The highest BCUT2D eigenvalue weighted by atomic mass is 19.1. The Hall–Kier alpha value is -3.88. The number of halogens is 1. The van der Waals surface area contributed by atoms with Crippen molar-refractivity contribution in [2.24, 2.45) is 0 Å². The van der Waals surface area contributed by atoms with E-state index in [4.69, 9.17) is 0 Å². The first-order valence-electron chi connectivity index (χ1n) is 8.21. The number of nitrogens with zero attached hydrogens (tertiary/aromatic N) is 3. The lowest BCUT2D eigenvalue weighted by Gasteiger charge is -2.10. The Bertz CT molecular complexity index is 1110. The van der Waals surface area contributed by atoms with Crippen LogP contribution in [0.15, 0.2) is 59.7 Å². The quantitative estimate of drug-likeness (QED) is 0.539. The summed E-state index contributed by atoms with van der Waals surface area (Å²) in [5.74, 6) is -1.00. The average Bonchev–Trinajstić information content (AvgIpc) is 2.65. The molecule has 0 atom stereocenters. The minimum absolute atomic E-state index is 0.0847. The maximum atomic E-state index is 13.0. The van der Waals surface area contributed by atoms with Crippen molar-refractivity contribution in [3.05, 3.63) is 86.7 Å². The van der Waals surface area contributed by atoms with Crippen LogP contribution in [-0.2, 0) is 11.3 Å². The van der Waals surface area contributed by atoms with E-state index in [0.717, 1.165) is 4.57 Å². The molecule has 8 nitrogen and oxygen atoms in total. The summed E-state index contributed by atoms with van der Waals surface area (Å²) in [6.45, 7) is 1.27. The van der Waals surface area contributed by atoms with Crippen molar-refractivity contribution < 1.29 is 14.1 Å². The highest BCUT2D eigenvalue weighted by molar-refractivity contribution is 5.93. The molecule has 28 heavy (non-hydrogen) atoms. The molecule has 0 fully saturated rings. The lowest BCUT2D eigenvalue weighted by Crippen LogP contribution is -2.27. The lowest BCUT2D eigenvalue weighted by atomic mass is 10.1. The van der Waals surface area contributed by atoms with Gasteiger partial charge in [0.05, 0.1) is 16.9 Å². The van der Waals surface area contributed by atoms with E-state index in [0.29, 0.717) is 16.8 Å². The van der Waals surface area contributed by atoms with Crippen molar-refractivity contribution in [2.75, 3.05) is 5.32 Å². The molecule has 0 unspecified atom stereocenters. The smallest absolute Gasteiger partial charge is 0.293 e. The Labute approximate surface area is 158 Å². The summed E-state index contributed by atoms with van der Waals surface area (Å²) in [5.41, 5.74) is 0.803. The van der Waals surface area contributed by atoms with Crippen LogP contribution in [0.3, 0.4) is 0 Å². The van der Waals surface area contributed by atoms with Gasteiger partial charge in [-0.25, -0.2) is 9.37 Å². The van der Waals surface area contributed by atoms with Crippen LogP contribution in [0.25, 0.3) is 11.3 Å². The number of nitrogens with one attached hydrogen (secondary N) is 1. The number of nitro benzene ring substituents is 1. The van der Waals surface area contributed by atoms with Gasteiger partial charge in [-0.3, -0.25) is 24.3 Å². The van der Waals surface area contributed by atoms with Gasteiger partial charge in [-0.1, -0.05) is 12.1 Å². The summed E-state index contributed by atoms with van der Waals surface area (Å²) < 4.78 is 14.1. The molecule has 142 valence electrons. The molecule has 9 heteroatoms. The van der Waals surface area contributed by atoms with Crippen LogP contribution < -0.4 is 10.9 Å². The van der Waals surface area contributed by atoms with Gasteiger partial charge in [0, 0.05) is 17.7 Å². The maximum Gasteiger partial charge on any atom is 0.293 e. The standard InChI is InChI=1S/C19H15FN4O4/c1-12-3-2-4-16(24(27)28)19(12)22-17(25)10-23-11-21-15(9-18(23)26)13-5-7-14(20)8-6-13/h2-9,11H,10H2,1H3,(H,22,25). The number of carbonyl (C=O) groups is 1. The minimum atomic E-state index is -0.601. The molecule has 1 N–H and O–H groups in total. The summed E-state index contributed by atoms with van der Waals surface area (Å²) >= 11 is 0. The van der Waals surface area contributed by atoms with Crippen molar-refractivity contribution in [1.82, 2.24) is 9.55 Å². The SMILES string of the molecule is Cc1cccc([N+](=O)[O-])c1NC(=O)Cn1cnc(-c2ccc(F)cc2)cc1=O. The van der Waals surface area contributed by atoms with Crippen molar-refractivity contribution in [3.63, 3.8) is 0 Å². The van der Waals surface area contributed by atoms with Crippen LogP contribution in [0.2, 0.25) is 0 Å². The third-order valence-electron chi connectivity index (χ3n) is 4.05. The molecule has 0 aliphatic carbocycles. The van der Waals surface area contributed by atoms with Gasteiger partial charge in [0.25, 0.3) is 11.2 Å². The van der Waals surface area contributed by atoms with Crippen LogP contribution in [0, 0.1) is 22.9 Å². The second-order valence-corrected chi connectivity index (χ2v) is 6.02. The summed E-state index contributed by atoms with van der Waals surface area (Å²) in [4.78, 5) is 39.2. The van der Waals surface area contributed by atoms with Crippen LogP contribution >= 0.6 is 0 Å². The molecule has 0 bridgehead atoms. The molecule has 3 rings (SSSR count). The van der Waals surface area contributed by atoms with Crippen LogP contribution in [0.5, 0.6) is 0 Å². The molecule has 0 saturated heterocycles. The number of para-hydroxylation sites is 1. The number of hydrogen-bond acceptors (Lipinski definition) is 5. The molecule has 0 spiro atoms. The van der Waals surface area contributed by atoms with Crippen molar-refractivity contribution >= 4 is 17.3 Å². The Kier molecular flexibility index (Phi) is 5.25. The normalized spacial score (nSPS) is 10.5. The van der Waals surface area contributed by atoms with E-state index in [1.165, 1.54) is 48.8 Å². The number of hydrogen-bond donors (Lipinski definition) is 1. The van der Waals surface area contributed by atoms with E-state index in [2.05, 4.69) is 10.3 Å². The fraction of sp³-hybridized carbons (Fsp3) is 0.105. The Balaban J connectivity index is 1.79. The Morgan fingerprint density at radius 2 is 1.96 bits per heavy atom. The van der Waals surface area contributed by atoms with Crippen molar-refractivity contribution in [3.8, 4) is 11.3 Å². The summed E-state index contributed by atoms with van der Waals surface area (Å²) in [5, 5.41) is 13.6. The third-order valence-corrected chi connectivity index (χ3v) is 4.05. The molecule has 1 heterocycles. The zero-order valence-corrected chi connectivity index (χ0v) is 14.8. The molecule has 1 amide bonds. The van der Waals surface area contributed by atoms with Gasteiger partial charge in [0.1, 0.15) is 18.0 Å². The number of benzene rings is 2. The van der Waals surface area contributed by atoms with Crippen LogP contribution in [0.1, 0.15) is 5.56 Å². The fourth-order valence-electron chi connectivity index (χ4n) is 2.62. The van der Waals surface area contributed by atoms with E-state index in [9.17, 15) is 24.1 Å². The maximum absolute atomic E-state index is 13.0. The fourth-order valence-corrected chi connectivity index (χ4v) is 2.62. The number of amides is 1. The molecule has 1 aromatic heterocycles. The first kappa shape index (κ1) is 18.9. The number of aromatic nitrogens is 2. The molecule has 3 aromatic rings. The highest BCUT2D eigenvalue weighted by Crippen LogP contribution is 2.27. The summed E-state index contributed by atoms with van der Waals surface area (Å²) in [6, 6.07) is 11.2. The molecule has 0 aliphatic heterocycles. The molecule has 2 aromatic carbocycles. The summed E-state index contributed by atoms with van der Waals surface area (Å²) in [6.07, 6.45) is 1.20. The number of carbonyl (C=O) groups excluding carboxylic acids is 1. The first-order valence-corrected chi connectivity index (χ1v) is 8.21. The Morgan fingerprint density at radius 3 is 2.61 bits per heavy atom.